The van der Waals surface area contributed by atoms with Crippen molar-refractivity contribution in [2.75, 3.05) is 7.11 Å². The Morgan fingerprint density at radius 2 is 0.398 bits per heavy atom. The van der Waals surface area contributed by atoms with Crippen LogP contribution in [0.2, 0.25) is 0 Å². The molecule has 26 nitrogen and oxygen atoms in total. The Hall–Kier alpha value is -12.7. The van der Waals surface area contributed by atoms with Crippen LogP contribution in [0.5, 0.6) is 51.7 Å². The molecule has 128 heavy (non-hydrogen) atoms. The van der Waals surface area contributed by atoms with E-state index in [4.69, 9.17) is 29.2 Å². The fourth-order valence-corrected chi connectivity index (χ4v) is 20.2. The van der Waals surface area contributed by atoms with E-state index >= 15 is 0 Å². The molecule has 14 aromatic carbocycles. The molecule has 0 saturated carbocycles. The highest BCUT2D eigenvalue weighted by Crippen LogP contribution is 2.39. The van der Waals surface area contributed by atoms with Crippen molar-refractivity contribution in [1.29, 1.82) is 0 Å². The van der Waals surface area contributed by atoms with Crippen LogP contribution < -0.4 is 18.9 Å². The van der Waals surface area contributed by atoms with E-state index in [0.29, 0.717) is 39.2 Å². The van der Waals surface area contributed by atoms with Crippen molar-refractivity contribution in [2.24, 2.45) is 0 Å². The molecule has 0 unspecified atom stereocenters. The molecule has 0 radical (unpaired) electrons. The number of phenolic OH excluding ortho intramolecular Hbond substituents is 2. The van der Waals surface area contributed by atoms with E-state index in [2.05, 4.69) is 0 Å². The van der Waals surface area contributed by atoms with Gasteiger partial charge in [0.2, 0.25) is 39.3 Å². The van der Waals surface area contributed by atoms with E-state index in [0.717, 1.165) is 98.6 Å². The molecule has 14 aromatic rings. The van der Waals surface area contributed by atoms with Gasteiger partial charge in [-0.15, -0.1) is 0 Å². The Balaban J connectivity index is 0.000000301. The monoisotopic (exact) mass is 1890 g/mol. The highest BCUT2D eigenvalue weighted by molar-refractivity contribution is 7.92. The number of hydrogen-bond donors (Lipinski definition) is 6. The van der Waals surface area contributed by atoms with Gasteiger partial charge in [-0.2, -0.15) is 33.7 Å². The lowest BCUT2D eigenvalue weighted by atomic mass is 10.1. The van der Waals surface area contributed by atoms with Crippen molar-refractivity contribution in [1.82, 2.24) is 0 Å². The third-order valence-electron chi connectivity index (χ3n) is 18.7. The summed E-state index contributed by atoms with van der Waals surface area (Å²) in [5, 5.41) is 18.2. The zero-order valence-electron chi connectivity index (χ0n) is 66.1. The van der Waals surface area contributed by atoms with Gasteiger partial charge in [0.05, 0.1) is 56.1 Å². The van der Waals surface area contributed by atoms with Crippen molar-refractivity contribution >= 4 is 79.8 Å². The Morgan fingerprint density at radius 1 is 0.211 bits per heavy atom. The van der Waals surface area contributed by atoms with Gasteiger partial charge in [-0.3, -0.25) is 18.2 Å². The normalized spacial score (nSPS) is 11.5. The van der Waals surface area contributed by atoms with Gasteiger partial charge in [0.15, 0.2) is 0 Å². The molecule has 672 valence electrons. The van der Waals surface area contributed by atoms with Crippen LogP contribution in [-0.2, 0) is 79.8 Å². The summed E-state index contributed by atoms with van der Waals surface area (Å²) in [6.07, 6.45) is 0. The first-order valence-corrected chi connectivity index (χ1v) is 48.2. The second-order valence-electron chi connectivity index (χ2n) is 27.6. The van der Waals surface area contributed by atoms with Crippen LogP contribution >= 0.6 is 0 Å². The molecule has 0 atom stereocenters. The third-order valence-corrected chi connectivity index (χ3v) is 29.5. The minimum atomic E-state index is -5.10. The van der Waals surface area contributed by atoms with Crippen LogP contribution in [0.4, 0.5) is 0 Å². The minimum Gasteiger partial charge on any atom is -0.508 e. The van der Waals surface area contributed by atoms with Gasteiger partial charge in [0, 0.05) is 0 Å². The molecule has 14 rings (SSSR count). The zero-order chi connectivity index (χ0) is 90.1. The Bertz CT molecular complexity index is 7080. The lowest BCUT2D eigenvalue weighted by molar-refractivity contribution is 0.415. The van der Waals surface area contributed by atoms with Crippen molar-refractivity contribution in [3.05, 3.63) is 343 Å². The highest BCUT2D eigenvalue weighted by atomic mass is 32.2. The molecule has 0 aliphatic heterocycles. The number of aryl methyl sites for hydroxylation is 5. The number of rotatable bonds is 22. The number of benzene rings is 14. The molecule has 0 bridgehead atoms. The third kappa shape index (κ3) is 25.4. The van der Waals surface area contributed by atoms with Gasteiger partial charge >= 0.3 is 0 Å². The Labute approximate surface area is 747 Å². The van der Waals surface area contributed by atoms with Gasteiger partial charge in [0.25, 0.3) is 40.5 Å². The second kappa shape index (κ2) is 41.8. The van der Waals surface area contributed by atoms with Crippen molar-refractivity contribution in [3.63, 3.8) is 0 Å². The van der Waals surface area contributed by atoms with Crippen molar-refractivity contribution in [2.45, 2.75) is 123 Å². The molecule has 0 spiro atoms. The van der Waals surface area contributed by atoms with Crippen molar-refractivity contribution in [3.8, 4) is 85.1 Å². The number of sulfone groups is 4. The number of aromatic hydroxyl groups is 2. The number of methoxy groups -OCH3 is 1. The zero-order valence-corrected chi connectivity index (χ0v) is 72.7. The maximum atomic E-state index is 13.9. The first kappa shape index (κ1) is 102. The lowest BCUT2D eigenvalue weighted by Crippen LogP contribution is -2.08. The first-order chi connectivity index (χ1) is 58.3. The van der Waals surface area contributed by atoms with Crippen LogP contribution in [-0.4, -0.2) is 103 Å². The SMILES string of the molecule is C.C.C.C.COc1ccc(-c2ccc(Oc3ccc(S(=O)(=O)c4ccc(Oc5ccc(-c6ccc(Oc7ccc(S(=O)(=O)c8ccc(C)cc8)cc7)cc6)cc5)c(S(=O)(=O)O)c4)cc3S(=O)(=O)O)cc2)cc1.Cc1ccc(S(=O)(=O)c2ccc(C)c(S(=O)(=O)O)c2)cc1S(=O)(=O)O.Cc1ccc(S(=O)(=O)c2ccc(C)cc2)cc1.Oc1ccc(-c2ccc(O)cc2)cc1. The molecule has 0 fully saturated rings. The topological polar surface area (TPSA) is 431 Å². The summed E-state index contributed by atoms with van der Waals surface area (Å²) in [7, 11) is -34.0. The number of ether oxygens (including phenoxy) is 4. The molecule has 0 amide bonds. The minimum absolute atomic E-state index is 0. The van der Waals surface area contributed by atoms with E-state index < -0.39 is 130 Å². The average molecular weight is 1890 g/mol. The molecule has 0 aliphatic carbocycles. The predicted octanol–water partition coefficient (Wildman–Crippen LogP) is 20.9. The quantitative estimate of drug-likeness (QED) is 0.0343. The van der Waals surface area contributed by atoms with Crippen LogP contribution in [0.15, 0.2) is 374 Å². The molecular formula is C94H92O26S8. The molecule has 0 heterocycles. The van der Waals surface area contributed by atoms with Gasteiger partial charge in [0.1, 0.15) is 61.5 Å². The van der Waals surface area contributed by atoms with E-state index in [1.165, 1.54) is 50.2 Å². The number of hydrogen-bond acceptors (Lipinski definition) is 22. The fraction of sp³-hybridized carbons (Fsp3) is 0.106. The first-order valence-electron chi connectivity index (χ1n) is 36.5. The van der Waals surface area contributed by atoms with Crippen LogP contribution in [0.1, 0.15) is 57.5 Å². The summed E-state index contributed by atoms with van der Waals surface area (Å²) in [5.41, 5.74) is 8.53. The van der Waals surface area contributed by atoms with Crippen LogP contribution in [0.3, 0.4) is 0 Å². The fourth-order valence-electron chi connectivity index (χ4n) is 11.9. The standard InChI is InChI=1S/C50H38O14S4.C14H14O8S3.C14H14O2S.C12H10O2.4CH4/c1-33-3-23-43(24-4-33)65(51,52)44-25-21-40(22-26-44)62-39-15-7-35(8-16-39)37-11-19-42(20-12-37)64-48-30-28-46(32-50(48)68(58,59)60)66(53,54)45-27-29-47(49(31-45)67(55,56)57)63-41-17-9-36(10-18-41)34-5-13-38(61-2)14-6-34;1-9-3-5-11(7-13(9)24(17,18)19)23(15,16)12-6-4-10(2)14(8-12)25(20,21)22;1-11-3-7-13(8-4-11)17(15,16)14-9-5-12(2)6-10-14;13-11-5-1-9(2-6-11)10-3-7-12(14)8-4-10;;;;/h3-32H,1-2H3,(H,55,56,57)(H,58,59,60);3-8H,1-2H3,(H,17,18,19)(H,20,21,22);3-10H,1-2H3;1-8,13-14H;4*1H4. The Kier molecular flexibility index (Phi) is 33.5. The summed E-state index contributed by atoms with van der Waals surface area (Å²) in [4.78, 5) is -4.10. The van der Waals surface area contributed by atoms with Gasteiger partial charge in [-0.25, -0.2) is 33.7 Å². The summed E-state index contributed by atoms with van der Waals surface area (Å²) >= 11 is 0. The summed E-state index contributed by atoms with van der Waals surface area (Å²) in [5.74, 6) is 1.59. The smallest absolute Gasteiger partial charge is 0.298 e. The average Bonchev–Trinajstić information content (AvgIpc) is 0.762. The maximum Gasteiger partial charge on any atom is 0.298 e. The van der Waals surface area contributed by atoms with Crippen molar-refractivity contribution < 1.29 is 115 Å². The number of phenols is 2. The molecule has 0 saturated heterocycles. The van der Waals surface area contributed by atoms with E-state index in [9.17, 15) is 85.6 Å². The molecule has 6 N–H and O–H groups in total. The highest BCUT2D eigenvalue weighted by Gasteiger charge is 2.30. The largest absolute Gasteiger partial charge is 0.508 e. The van der Waals surface area contributed by atoms with Gasteiger partial charge in [-0.1, -0.05) is 168 Å². The van der Waals surface area contributed by atoms with E-state index in [-0.39, 0.29) is 73.6 Å². The molecule has 0 aliphatic rings. The van der Waals surface area contributed by atoms with E-state index in [1.54, 1.807) is 189 Å². The molecule has 0 aromatic heterocycles. The summed E-state index contributed by atoms with van der Waals surface area (Å²) < 4.78 is 261. The summed E-state index contributed by atoms with van der Waals surface area (Å²) in [6.45, 7) is 8.49. The predicted molar refractivity (Wildman–Crippen MR) is 489 cm³/mol. The Morgan fingerprint density at radius 3 is 0.641 bits per heavy atom. The second-order valence-corrected chi connectivity index (χ2v) is 41.0. The van der Waals surface area contributed by atoms with Crippen LogP contribution in [0, 0.1) is 34.6 Å². The lowest BCUT2D eigenvalue weighted by Gasteiger charge is -2.14. The van der Waals surface area contributed by atoms with Crippen LogP contribution in [0.25, 0.3) is 33.4 Å². The van der Waals surface area contributed by atoms with Gasteiger partial charge < -0.3 is 29.2 Å². The molecule has 34 heteroatoms. The molecular weight excluding hydrogens is 1800 g/mol. The summed E-state index contributed by atoms with van der Waals surface area (Å²) in [6, 6.07) is 79.3. The maximum absolute atomic E-state index is 13.9. The van der Waals surface area contributed by atoms with E-state index in [1.807, 2.05) is 57.2 Å². The van der Waals surface area contributed by atoms with Gasteiger partial charge in [-0.05, 0) is 273 Å².